The zero-order valence-corrected chi connectivity index (χ0v) is 19.2. The molecule has 0 atom stereocenters. The molecule has 0 aromatic heterocycles. The number of nitrogen functional groups attached to an aromatic ring is 1. The van der Waals surface area contributed by atoms with E-state index in [0.29, 0.717) is 16.5 Å². The zero-order chi connectivity index (χ0) is 22.6. The molecule has 1 aliphatic rings. The van der Waals surface area contributed by atoms with Crippen molar-refractivity contribution in [3.05, 3.63) is 74.3 Å². The fourth-order valence-corrected chi connectivity index (χ4v) is 3.97. The predicted molar refractivity (Wildman–Crippen MR) is 130 cm³/mol. The number of nitro benzene ring substituents is 1. The van der Waals surface area contributed by atoms with E-state index in [2.05, 4.69) is 19.1 Å². The summed E-state index contributed by atoms with van der Waals surface area (Å²) < 4.78 is 5.44. The first-order chi connectivity index (χ1) is 15.0. The van der Waals surface area contributed by atoms with Crippen molar-refractivity contribution in [3.8, 4) is 0 Å². The van der Waals surface area contributed by atoms with Crippen molar-refractivity contribution in [2.75, 3.05) is 18.9 Å². The monoisotopic (exact) mass is 444 g/mol. The molecule has 168 valence electrons. The average Bonchev–Trinajstić information content (AvgIpc) is 2.78. The predicted octanol–water partition coefficient (Wildman–Crippen LogP) is 7.18. The summed E-state index contributed by atoms with van der Waals surface area (Å²) in [6.45, 7) is 5.98. The highest BCUT2D eigenvalue weighted by atomic mass is 35.5. The molecule has 1 aliphatic heterocycles. The van der Waals surface area contributed by atoms with Gasteiger partial charge in [0.1, 0.15) is 0 Å². The Hall–Kier alpha value is -2.37. The maximum absolute atomic E-state index is 10.7. The molecule has 0 saturated carbocycles. The Morgan fingerprint density at radius 3 is 2.55 bits per heavy atom. The van der Waals surface area contributed by atoms with Gasteiger partial charge in [0.15, 0.2) is 0 Å². The van der Waals surface area contributed by atoms with Crippen LogP contribution in [0, 0.1) is 10.1 Å². The summed E-state index contributed by atoms with van der Waals surface area (Å²) in [7, 11) is 0. The summed E-state index contributed by atoms with van der Waals surface area (Å²) in [5.74, 6) is 0.652. The van der Waals surface area contributed by atoms with Gasteiger partial charge in [0.25, 0.3) is 5.69 Å². The number of nitro groups is 1. The van der Waals surface area contributed by atoms with Crippen molar-refractivity contribution in [1.82, 2.24) is 0 Å². The third-order valence-electron chi connectivity index (χ3n) is 5.44. The summed E-state index contributed by atoms with van der Waals surface area (Å²) >= 11 is 5.85. The van der Waals surface area contributed by atoms with Crippen LogP contribution in [0.25, 0.3) is 6.08 Å². The number of halogens is 1. The number of ether oxygens (including phenoxy) is 1. The van der Waals surface area contributed by atoms with Crippen LogP contribution in [0.5, 0.6) is 0 Å². The summed E-state index contributed by atoms with van der Waals surface area (Å²) in [6.07, 6.45) is 10.2. The SMILES string of the molecule is CCC=Cc1c(Cl)cccc1[N+](=O)[O-].CCCCc1c(N)cccc1C1CCOCC1. The molecule has 0 radical (unpaired) electrons. The Kier molecular flexibility index (Phi) is 10.5. The van der Waals surface area contributed by atoms with Gasteiger partial charge in [0, 0.05) is 25.0 Å². The van der Waals surface area contributed by atoms with Gasteiger partial charge in [-0.25, -0.2) is 0 Å². The van der Waals surface area contributed by atoms with Crippen LogP contribution in [0.3, 0.4) is 0 Å². The quantitative estimate of drug-likeness (QED) is 0.278. The molecule has 2 aromatic carbocycles. The minimum atomic E-state index is -0.429. The molecule has 0 amide bonds. The molecule has 0 spiro atoms. The highest BCUT2D eigenvalue weighted by Crippen LogP contribution is 2.32. The molecular weight excluding hydrogens is 412 g/mol. The van der Waals surface area contributed by atoms with E-state index in [-0.39, 0.29) is 5.69 Å². The molecule has 2 N–H and O–H groups in total. The van der Waals surface area contributed by atoms with Crippen molar-refractivity contribution in [2.45, 2.75) is 58.3 Å². The molecule has 31 heavy (non-hydrogen) atoms. The molecule has 0 unspecified atom stereocenters. The lowest BCUT2D eigenvalue weighted by Crippen LogP contribution is -2.16. The Bertz CT molecular complexity index is 877. The summed E-state index contributed by atoms with van der Waals surface area (Å²) in [4.78, 5) is 10.2. The molecule has 5 nitrogen and oxygen atoms in total. The average molecular weight is 445 g/mol. The van der Waals surface area contributed by atoms with E-state index in [9.17, 15) is 10.1 Å². The van der Waals surface area contributed by atoms with E-state index in [1.54, 1.807) is 18.2 Å². The highest BCUT2D eigenvalue weighted by molar-refractivity contribution is 6.32. The van der Waals surface area contributed by atoms with Crippen LogP contribution in [0.2, 0.25) is 5.02 Å². The molecule has 1 saturated heterocycles. The van der Waals surface area contributed by atoms with Crippen molar-refractivity contribution in [3.63, 3.8) is 0 Å². The van der Waals surface area contributed by atoms with Crippen LogP contribution in [0.4, 0.5) is 11.4 Å². The summed E-state index contributed by atoms with van der Waals surface area (Å²) in [5.41, 5.74) is 10.5. The molecular formula is C25H33ClN2O3. The van der Waals surface area contributed by atoms with Crippen LogP contribution in [-0.2, 0) is 11.2 Å². The lowest BCUT2D eigenvalue weighted by molar-refractivity contribution is -0.385. The fourth-order valence-electron chi connectivity index (χ4n) is 3.74. The second-order valence-corrected chi connectivity index (χ2v) is 8.05. The Morgan fingerprint density at radius 2 is 1.90 bits per heavy atom. The van der Waals surface area contributed by atoms with Gasteiger partial charge in [-0.3, -0.25) is 10.1 Å². The van der Waals surface area contributed by atoms with Gasteiger partial charge in [-0.05, 0) is 61.3 Å². The van der Waals surface area contributed by atoms with Crippen molar-refractivity contribution < 1.29 is 9.66 Å². The van der Waals surface area contributed by atoms with Crippen LogP contribution in [-0.4, -0.2) is 18.1 Å². The maximum Gasteiger partial charge on any atom is 0.278 e. The number of allylic oxidation sites excluding steroid dienone is 1. The van der Waals surface area contributed by atoms with Crippen LogP contribution in [0.1, 0.15) is 68.6 Å². The standard InChI is InChI=1S/C15H23NO.C10H10ClNO2/c1-2-3-5-14-13(6-4-7-15(14)16)12-8-10-17-11-9-12;1-2-3-5-8-9(11)6-4-7-10(8)12(13)14/h4,6-7,12H,2-3,5,8-11,16H2,1H3;3-7H,2H2,1H3. The molecule has 3 rings (SSSR count). The first-order valence-corrected chi connectivity index (χ1v) is 11.4. The van der Waals surface area contributed by atoms with E-state index in [4.69, 9.17) is 22.1 Å². The first-order valence-electron chi connectivity index (χ1n) is 11.0. The Labute approximate surface area is 190 Å². The third kappa shape index (κ3) is 7.37. The van der Waals surface area contributed by atoms with E-state index in [1.807, 2.05) is 19.1 Å². The topological polar surface area (TPSA) is 78.4 Å². The molecule has 1 fully saturated rings. The zero-order valence-electron chi connectivity index (χ0n) is 18.5. The Morgan fingerprint density at radius 1 is 1.19 bits per heavy atom. The molecule has 2 aromatic rings. The first kappa shape index (κ1) is 24.9. The smallest absolute Gasteiger partial charge is 0.278 e. The normalized spacial score (nSPS) is 14.3. The molecule has 1 heterocycles. The van der Waals surface area contributed by atoms with Gasteiger partial charge in [-0.2, -0.15) is 0 Å². The van der Waals surface area contributed by atoms with Crippen molar-refractivity contribution in [1.29, 1.82) is 0 Å². The third-order valence-corrected chi connectivity index (χ3v) is 5.77. The minimum absolute atomic E-state index is 0.0437. The second-order valence-electron chi connectivity index (χ2n) is 7.65. The van der Waals surface area contributed by atoms with Gasteiger partial charge in [-0.1, -0.05) is 62.2 Å². The highest BCUT2D eigenvalue weighted by Gasteiger charge is 2.19. The molecule has 0 aliphatic carbocycles. The van der Waals surface area contributed by atoms with E-state index in [0.717, 1.165) is 44.6 Å². The number of benzene rings is 2. The summed E-state index contributed by atoms with van der Waals surface area (Å²) in [5, 5.41) is 11.1. The van der Waals surface area contributed by atoms with Crippen molar-refractivity contribution in [2.24, 2.45) is 0 Å². The van der Waals surface area contributed by atoms with Crippen molar-refractivity contribution >= 4 is 29.1 Å². The Balaban J connectivity index is 0.000000225. The summed E-state index contributed by atoms with van der Waals surface area (Å²) in [6, 6.07) is 11.1. The van der Waals surface area contributed by atoms with Gasteiger partial charge in [-0.15, -0.1) is 0 Å². The number of nitrogens with two attached hydrogens (primary N) is 1. The number of unbranched alkanes of at least 4 members (excludes halogenated alkanes) is 1. The largest absolute Gasteiger partial charge is 0.398 e. The number of anilines is 1. The van der Waals surface area contributed by atoms with E-state index >= 15 is 0 Å². The minimum Gasteiger partial charge on any atom is -0.398 e. The lowest BCUT2D eigenvalue weighted by Gasteiger charge is -2.25. The number of rotatable bonds is 7. The van der Waals surface area contributed by atoms with Gasteiger partial charge in [0.2, 0.25) is 0 Å². The maximum atomic E-state index is 10.7. The van der Waals surface area contributed by atoms with Crippen LogP contribution in [0.15, 0.2) is 42.5 Å². The molecule has 0 bridgehead atoms. The second kappa shape index (κ2) is 13.1. The number of hydrogen-bond donors (Lipinski definition) is 1. The number of nitrogens with zero attached hydrogens (tertiary/aromatic N) is 1. The van der Waals surface area contributed by atoms with E-state index < -0.39 is 4.92 Å². The fraction of sp³-hybridized carbons (Fsp3) is 0.440. The van der Waals surface area contributed by atoms with Gasteiger partial charge < -0.3 is 10.5 Å². The molecule has 6 heteroatoms. The lowest BCUT2D eigenvalue weighted by atomic mass is 9.86. The van der Waals surface area contributed by atoms with Crippen LogP contribution >= 0.6 is 11.6 Å². The van der Waals surface area contributed by atoms with Crippen LogP contribution < -0.4 is 5.73 Å². The van der Waals surface area contributed by atoms with E-state index in [1.165, 1.54) is 30.0 Å². The number of hydrogen-bond acceptors (Lipinski definition) is 4. The van der Waals surface area contributed by atoms with Gasteiger partial charge in [0.05, 0.1) is 15.5 Å². The van der Waals surface area contributed by atoms with Gasteiger partial charge >= 0.3 is 0 Å².